The zero-order valence-electron chi connectivity index (χ0n) is 13.6. The van der Waals surface area contributed by atoms with Crippen molar-refractivity contribution in [3.8, 4) is 0 Å². The summed E-state index contributed by atoms with van der Waals surface area (Å²) in [5.74, 6) is 0.0299. The molecule has 0 unspecified atom stereocenters. The molecule has 126 valence electrons. The number of rotatable bonds is 2. The molecule has 1 spiro atoms. The average molecular weight is 319 g/mol. The van der Waals surface area contributed by atoms with Crippen LogP contribution < -0.4 is 5.32 Å². The van der Waals surface area contributed by atoms with Crippen molar-refractivity contribution in [3.05, 3.63) is 17.5 Å². The molecule has 6 heteroatoms. The first-order valence-electron chi connectivity index (χ1n) is 8.83. The highest BCUT2D eigenvalue weighted by Crippen LogP contribution is 2.34. The summed E-state index contributed by atoms with van der Waals surface area (Å²) < 4.78 is 13.5. The van der Waals surface area contributed by atoms with Gasteiger partial charge in [0.15, 0.2) is 0 Å². The van der Waals surface area contributed by atoms with Gasteiger partial charge >= 0.3 is 0 Å². The van der Waals surface area contributed by atoms with E-state index in [0.717, 1.165) is 82.6 Å². The molecule has 0 bridgehead atoms. The molecule has 1 aromatic heterocycles. The Bertz CT molecular complexity index is 572. The number of amides is 1. The Morgan fingerprint density at radius 2 is 2.17 bits per heavy atom. The standard InChI is InChI=1S/C17H25N3O3/c21-16(14-12-18-20-7-2-1-3-15(14)20)19-13-4-8-23-17(11-13)5-9-22-10-6-17/h12-13H,1-11H2,(H,19,21)/t13-/m1/s1. The van der Waals surface area contributed by atoms with E-state index in [2.05, 4.69) is 10.4 Å². The van der Waals surface area contributed by atoms with Gasteiger partial charge in [-0.05, 0) is 44.9 Å². The molecule has 0 radical (unpaired) electrons. The number of nitrogens with zero attached hydrogens (tertiary/aromatic N) is 2. The van der Waals surface area contributed by atoms with Crippen molar-refractivity contribution >= 4 is 5.91 Å². The average Bonchev–Trinajstić information content (AvgIpc) is 3.00. The molecule has 3 aliphatic heterocycles. The fourth-order valence-electron chi connectivity index (χ4n) is 4.12. The van der Waals surface area contributed by atoms with E-state index in [0.29, 0.717) is 0 Å². The van der Waals surface area contributed by atoms with E-state index in [1.165, 1.54) is 0 Å². The molecule has 3 aliphatic rings. The molecule has 2 saturated heterocycles. The lowest BCUT2D eigenvalue weighted by molar-refractivity contribution is -0.139. The third-order valence-electron chi connectivity index (χ3n) is 5.46. The van der Waals surface area contributed by atoms with Gasteiger partial charge in [0.25, 0.3) is 5.91 Å². The molecule has 1 atom stereocenters. The van der Waals surface area contributed by atoms with Crippen LogP contribution in [0.1, 0.15) is 54.6 Å². The van der Waals surface area contributed by atoms with E-state index >= 15 is 0 Å². The van der Waals surface area contributed by atoms with Crippen LogP contribution in [0.2, 0.25) is 0 Å². The van der Waals surface area contributed by atoms with Gasteiger partial charge in [-0.3, -0.25) is 9.48 Å². The molecule has 0 aliphatic carbocycles. The van der Waals surface area contributed by atoms with Gasteiger partial charge in [0, 0.05) is 32.4 Å². The lowest BCUT2D eigenvalue weighted by Gasteiger charge is -2.43. The van der Waals surface area contributed by atoms with Crippen LogP contribution in [-0.2, 0) is 22.4 Å². The van der Waals surface area contributed by atoms with Crippen LogP contribution in [0.25, 0.3) is 0 Å². The Morgan fingerprint density at radius 3 is 3.04 bits per heavy atom. The molecule has 23 heavy (non-hydrogen) atoms. The monoisotopic (exact) mass is 319 g/mol. The summed E-state index contributed by atoms with van der Waals surface area (Å²) in [6.07, 6.45) is 8.64. The van der Waals surface area contributed by atoms with Crippen molar-refractivity contribution in [2.75, 3.05) is 19.8 Å². The SMILES string of the molecule is O=C(N[C@@H]1CCOC2(CCOCC2)C1)c1cnn2c1CCCC2. The van der Waals surface area contributed by atoms with E-state index in [1.54, 1.807) is 6.20 Å². The van der Waals surface area contributed by atoms with Crippen molar-refractivity contribution in [1.82, 2.24) is 15.1 Å². The van der Waals surface area contributed by atoms with Crippen LogP contribution in [-0.4, -0.2) is 47.2 Å². The maximum atomic E-state index is 12.7. The number of fused-ring (bicyclic) bond motifs is 1. The molecule has 4 heterocycles. The summed E-state index contributed by atoms with van der Waals surface area (Å²) in [6, 6.07) is 0.188. The summed E-state index contributed by atoms with van der Waals surface area (Å²) in [4.78, 5) is 12.7. The summed E-state index contributed by atoms with van der Waals surface area (Å²) in [5.41, 5.74) is 1.77. The van der Waals surface area contributed by atoms with E-state index < -0.39 is 0 Å². The second-order valence-electron chi connectivity index (χ2n) is 6.99. The Balaban J connectivity index is 1.43. The van der Waals surface area contributed by atoms with Gasteiger partial charge in [-0.2, -0.15) is 5.10 Å². The van der Waals surface area contributed by atoms with Crippen LogP contribution in [0.4, 0.5) is 0 Å². The van der Waals surface area contributed by atoms with Crippen molar-refractivity contribution in [2.45, 2.75) is 63.1 Å². The molecular weight excluding hydrogens is 294 g/mol. The summed E-state index contributed by atoms with van der Waals surface area (Å²) in [5, 5.41) is 7.60. The van der Waals surface area contributed by atoms with Gasteiger partial charge in [-0.1, -0.05) is 0 Å². The van der Waals surface area contributed by atoms with Crippen LogP contribution >= 0.6 is 0 Å². The molecule has 1 N–H and O–H groups in total. The van der Waals surface area contributed by atoms with Gasteiger partial charge in [0.2, 0.25) is 0 Å². The lowest BCUT2D eigenvalue weighted by atomic mass is 9.84. The molecule has 0 saturated carbocycles. The highest BCUT2D eigenvalue weighted by atomic mass is 16.5. The third-order valence-corrected chi connectivity index (χ3v) is 5.46. The smallest absolute Gasteiger partial charge is 0.254 e. The summed E-state index contributed by atoms with van der Waals surface area (Å²) in [7, 11) is 0. The molecular formula is C17H25N3O3. The lowest BCUT2D eigenvalue weighted by Crippen LogP contribution is -2.51. The number of ether oxygens (including phenoxy) is 2. The van der Waals surface area contributed by atoms with Crippen LogP contribution in [0.15, 0.2) is 6.20 Å². The number of aromatic nitrogens is 2. The van der Waals surface area contributed by atoms with Gasteiger partial charge in [0.05, 0.1) is 23.1 Å². The highest BCUT2D eigenvalue weighted by molar-refractivity contribution is 5.95. The maximum absolute atomic E-state index is 12.7. The zero-order valence-corrected chi connectivity index (χ0v) is 13.6. The Hall–Kier alpha value is -1.40. The summed E-state index contributed by atoms with van der Waals surface area (Å²) >= 11 is 0. The van der Waals surface area contributed by atoms with Crippen molar-refractivity contribution in [2.24, 2.45) is 0 Å². The van der Waals surface area contributed by atoms with E-state index in [9.17, 15) is 4.79 Å². The van der Waals surface area contributed by atoms with Crippen LogP contribution in [0, 0.1) is 0 Å². The highest BCUT2D eigenvalue weighted by Gasteiger charge is 2.39. The molecule has 4 rings (SSSR count). The van der Waals surface area contributed by atoms with Crippen molar-refractivity contribution in [1.29, 1.82) is 0 Å². The second-order valence-corrected chi connectivity index (χ2v) is 6.99. The number of carbonyl (C=O) groups excluding carboxylic acids is 1. The number of nitrogens with one attached hydrogen (secondary N) is 1. The normalized spacial score (nSPS) is 26.7. The second kappa shape index (κ2) is 6.24. The minimum atomic E-state index is -0.0904. The summed E-state index contributed by atoms with van der Waals surface area (Å²) in [6.45, 7) is 3.18. The number of aryl methyl sites for hydroxylation is 1. The predicted octanol–water partition coefficient (Wildman–Crippen LogP) is 1.68. The van der Waals surface area contributed by atoms with E-state index in [-0.39, 0.29) is 17.6 Å². The molecule has 1 aromatic rings. The van der Waals surface area contributed by atoms with Crippen LogP contribution in [0.3, 0.4) is 0 Å². The molecule has 2 fully saturated rings. The minimum absolute atomic E-state index is 0.0299. The van der Waals surface area contributed by atoms with Gasteiger partial charge < -0.3 is 14.8 Å². The number of hydrogen-bond acceptors (Lipinski definition) is 4. The van der Waals surface area contributed by atoms with Gasteiger partial charge in [0.1, 0.15) is 0 Å². The number of hydrogen-bond donors (Lipinski definition) is 1. The maximum Gasteiger partial charge on any atom is 0.254 e. The van der Waals surface area contributed by atoms with Crippen molar-refractivity contribution in [3.63, 3.8) is 0 Å². The fourth-order valence-corrected chi connectivity index (χ4v) is 4.12. The first-order chi connectivity index (χ1) is 11.3. The van der Waals surface area contributed by atoms with Crippen LogP contribution in [0.5, 0.6) is 0 Å². The Kier molecular flexibility index (Phi) is 4.11. The van der Waals surface area contributed by atoms with Crippen molar-refractivity contribution < 1.29 is 14.3 Å². The Labute approximate surface area is 136 Å². The predicted molar refractivity (Wildman–Crippen MR) is 84.4 cm³/mol. The van der Waals surface area contributed by atoms with Gasteiger partial charge in [-0.25, -0.2) is 0 Å². The number of carbonyl (C=O) groups is 1. The molecule has 0 aromatic carbocycles. The van der Waals surface area contributed by atoms with E-state index in [4.69, 9.17) is 9.47 Å². The van der Waals surface area contributed by atoms with E-state index in [1.807, 2.05) is 4.68 Å². The topological polar surface area (TPSA) is 65.4 Å². The minimum Gasteiger partial charge on any atom is -0.381 e. The Morgan fingerprint density at radius 1 is 1.30 bits per heavy atom. The molecule has 6 nitrogen and oxygen atoms in total. The third kappa shape index (κ3) is 3.02. The quantitative estimate of drug-likeness (QED) is 0.901. The fraction of sp³-hybridized carbons (Fsp3) is 0.765. The zero-order chi connectivity index (χ0) is 15.7. The largest absolute Gasteiger partial charge is 0.381 e. The molecule has 1 amide bonds. The van der Waals surface area contributed by atoms with Gasteiger partial charge in [-0.15, -0.1) is 0 Å². The first kappa shape index (κ1) is 15.1. The first-order valence-corrected chi connectivity index (χ1v) is 8.83.